The van der Waals surface area contributed by atoms with E-state index in [1.54, 1.807) is 22.5 Å². The largest absolute Gasteiger partial charge is 0.310 e. The molecule has 1 fully saturated rings. The Morgan fingerprint density at radius 3 is 2.59 bits per heavy atom. The van der Waals surface area contributed by atoms with Crippen molar-refractivity contribution in [3.63, 3.8) is 0 Å². The zero-order valence-electron chi connectivity index (χ0n) is 15.8. The SMILES string of the molecule is CC(C)n1nccc1NC(=O)[C@@H](C)N1CCC(C(=O)Nc2nncs2)CC1. The molecule has 0 bridgehead atoms. The molecular weight excluding hydrogens is 366 g/mol. The average Bonchev–Trinajstić information content (AvgIpc) is 3.33. The first-order valence-electron chi connectivity index (χ1n) is 9.11. The lowest BCUT2D eigenvalue weighted by Crippen LogP contribution is -2.47. The molecule has 0 unspecified atom stereocenters. The number of aromatic nitrogens is 4. The molecule has 1 atom stereocenters. The molecule has 2 amide bonds. The molecule has 9 nitrogen and oxygen atoms in total. The fourth-order valence-corrected chi connectivity index (χ4v) is 3.65. The van der Waals surface area contributed by atoms with Gasteiger partial charge in [-0.25, -0.2) is 4.68 Å². The number of rotatable bonds is 6. The van der Waals surface area contributed by atoms with E-state index >= 15 is 0 Å². The number of carbonyl (C=O) groups excluding carboxylic acids is 2. The van der Waals surface area contributed by atoms with Gasteiger partial charge in [-0.15, -0.1) is 10.2 Å². The smallest absolute Gasteiger partial charge is 0.242 e. The monoisotopic (exact) mass is 391 g/mol. The van der Waals surface area contributed by atoms with Crippen LogP contribution in [0.15, 0.2) is 17.8 Å². The second kappa shape index (κ2) is 8.57. The maximum absolute atomic E-state index is 12.6. The summed E-state index contributed by atoms with van der Waals surface area (Å²) in [7, 11) is 0. The molecule has 0 radical (unpaired) electrons. The van der Waals surface area contributed by atoms with Gasteiger partial charge in [0.15, 0.2) is 0 Å². The summed E-state index contributed by atoms with van der Waals surface area (Å²) in [6.45, 7) is 7.33. The van der Waals surface area contributed by atoms with E-state index in [-0.39, 0.29) is 29.8 Å². The first kappa shape index (κ1) is 19.4. The highest BCUT2D eigenvalue weighted by molar-refractivity contribution is 7.13. The molecule has 1 saturated heterocycles. The summed E-state index contributed by atoms with van der Waals surface area (Å²) < 4.78 is 1.79. The third kappa shape index (κ3) is 4.69. The maximum atomic E-state index is 12.6. The molecule has 27 heavy (non-hydrogen) atoms. The van der Waals surface area contributed by atoms with E-state index in [1.807, 2.05) is 20.8 Å². The quantitative estimate of drug-likeness (QED) is 0.780. The van der Waals surface area contributed by atoms with Gasteiger partial charge < -0.3 is 10.6 Å². The molecule has 1 aliphatic rings. The highest BCUT2D eigenvalue weighted by Gasteiger charge is 2.30. The van der Waals surface area contributed by atoms with Crippen LogP contribution in [0.25, 0.3) is 0 Å². The molecule has 3 rings (SSSR count). The number of nitrogens with zero attached hydrogens (tertiary/aromatic N) is 5. The van der Waals surface area contributed by atoms with E-state index in [4.69, 9.17) is 0 Å². The topological polar surface area (TPSA) is 105 Å². The molecule has 0 saturated carbocycles. The number of hydrogen-bond donors (Lipinski definition) is 2. The number of hydrogen-bond acceptors (Lipinski definition) is 7. The van der Waals surface area contributed by atoms with Crippen LogP contribution in [0, 0.1) is 5.92 Å². The summed E-state index contributed by atoms with van der Waals surface area (Å²) in [5, 5.41) is 18.1. The Hall–Kier alpha value is -2.33. The maximum Gasteiger partial charge on any atom is 0.242 e. The highest BCUT2D eigenvalue weighted by atomic mass is 32.1. The van der Waals surface area contributed by atoms with Crippen molar-refractivity contribution in [1.82, 2.24) is 24.9 Å². The molecule has 0 aliphatic carbocycles. The van der Waals surface area contributed by atoms with Gasteiger partial charge in [-0.05, 0) is 46.7 Å². The fraction of sp³-hybridized carbons (Fsp3) is 0.588. The summed E-state index contributed by atoms with van der Waals surface area (Å²) in [4.78, 5) is 27.0. The molecule has 2 N–H and O–H groups in total. The van der Waals surface area contributed by atoms with Crippen molar-refractivity contribution < 1.29 is 9.59 Å². The van der Waals surface area contributed by atoms with Gasteiger partial charge in [0.2, 0.25) is 16.9 Å². The van der Waals surface area contributed by atoms with Crippen molar-refractivity contribution in [2.75, 3.05) is 23.7 Å². The summed E-state index contributed by atoms with van der Waals surface area (Å²) in [6, 6.07) is 1.70. The summed E-state index contributed by atoms with van der Waals surface area (Å²) in [6.07, 6.45) is 3.11. The van der Waals surface area contributed by atoms with Crippen LogP contribution in [0.2, 0.25) is 0 Å². The third-order valence-corrected chi connectivity index (χ3v) is 5.44. The van der Waals surface area contributed by atoms with Gasteiger partial charge >= 0.3 is 0 Å². The molecule has 0 spiro atoms. The van der Waals surface area contributed by atoms with Crippen LogP contribution in [-0.4, -0.2) is 55.8 Å². The Kier molecular flexibility index (Phi) is 6.17. The lowest BCUT2D eigenvalue weighted by Gasteiger charge is -2.34. The second-order valence-corrected chi connectivity index (χ2v) is 7.80. The van der Waals surface area contributed by atoms with E-state index in [2.05, 4.69) is 30.8 Å². The minimum absolute atomic E-state index is 0.0238. The van der Waals surface area contributed by atoms with E-state index in [1.165, 1.54) is 11.3 Å². The summed E-state index contributed by atoms with van der Waals surface area (Å²) in [5.74, 6) is 0.550. The van der Waals surface area contributed by atoms with Crippen LogP contribution in [0.5, 0.6) is 0 Å². The van der Waals surface area contributed by atoms with Gasteiger partial charge in [0.1, 0.15) is 11.3 Å². The van der Waals surface area contributed by atoms with Crippen LogP contribution in [0.4, 0.5) is 10.9 Å². The molecule has 3 heterocycles. The van der Waals surface area contributed by atoms with Gasteiger partial charge in [0, 0.05) is 18.0 Å². The Bertz CT molecular complexity index is 766. The van der Waals surface area contributed by atoms with E-state index in [0.29, 0.717) is 36.9 Å². The molecule has 10 heteroatoms. The highest BCUT2D eigenvalue weighted by Crippen LogP contribution is 2.22. The minimum atomic E-state index is -0.271. The van der Waals surface area contributed by atoms with Crippen LogP contribution >= 0.6 is 11.3 Å². The average molecular weight is 392 g/mol. The summed E-state index contributed by atoms with van der Waals surface area (Å²) >= 11 is 1.30. The van der Waals surface area contributed by atoms with E-state index in [0.717, 1.165) is 0 Å². The van der Waals surface area contributed by atoms with Crippen molar-refractivity contribution in [3.8, 4) is 0 Å². The van der Waals surface area contributed by atoms with E-state index in [9.17, 15) is 9.59 Å². The van der Waals surface area contributed by atoms with Crippen molar-refractivity contribution in [2.45, 2.75) is 45.7 Å². The first-order chi connectivity index (χ1) is 13.0. The number of nitrogens with one attached hydrogen (secondary N) is 2. The second-order valence-electron chi connectivity index (χ2n) is 6.96. The number of anilines is 2. The van der Waals surface area contributed by atoms with Crippen LogP contribution in [-0.2, 0) is 9.59 Å². The van der Waals surface area contributed by atoms with Gasteiger partial charge in [-0.2, -0.15) is 5.10 Å². The molecule has 2 aromatic heterocycles. The summed E-state index contributed by atoms with van der Waals surface area (Å²) in [5.41, 5.74) is 1.59. The Morgan fingerprint density at radius 1 is 1.22 bits per heavy atom. The number of carbonyl (C=O) groups is 2. The lowest BCUT2D eigenvalue weighted by molar-refractivity contribution is -0.123. The molecule has 2 aromatic rings. The van der Waals surface area contributed by atoms with Gasteiger partial charge in [0.25, 0.3) is 0 Å². The minimum Gasteiger partial charge on any atom is -0.310 e. The first-order valence-corrected chi connectivity index (χ1v) is 9.99. The third-order valence-electron chi connectivity index (χ3n) is 4.83. The predicted octanol–water partition coefficient (Wildman–Crippen LogP) is 1.99. The van der Waals surface area contributed by atoms with Crippen LogP contribution in [0.3, 0.4) is 0 Å². The molecule has 0 aromatic carbocycles. The number of likely N-dealkylation sites (tertiary alicyclic amines) is 1. The Balaban J connectivity index is 1.50. The standard InChI is InChI=1S/C17H25N7O2S/c1-11(2)24-14(4-7-19-24)20-15(25)12(3)23-8-5-13(6-9-23)16(26)21-17-22-18-10-27-17/h4,7,10-13H,5-6,8-9H2,1-3H3,(H,20,25)(H,21,22,26)/t12-/m1/s1. The zero-order valence-corrected chi connectivity index (χ0v) is 16.6. The van der Waals surface area contributed by atoms with Crippen LogP contribution < -0.4 is 10.6 Å². The lowest BCUT2D eigenvalue weighted by atomic mass is 9.95. The normalized spacial score (nSPS) is 17.0. The molecule has 1 aliphatic heterocycles. The van der Waals surface area contributed by atoms with Crippen LogP contribution in [0.1, 0.15) is 39.7 Å². The van der Waals surface area contributed by atoms with Gasteiger partial charge in [-0.3, -0.25) is 14.5 Å². The Labute approximate surface area is 162 Å². The van der Waals surface area contributed by atoms with Gasteiger partial charge in [-0.1, -0.05) is 11.3 Å². The fourth-order valence-electron chi connectivity index (χ4n) is 3.21. The number of amides is 2. The van der Waals surface area contributed by atoms with Gasteiger partial charge in [0.05, 0.1) is 12.2 Å². The van der Waals surface area contributed by atoms with Crippen molar-refractivity contribution in [2.24, 2.45) is 5.92 Å². The predicted molar refractivity (Wildman–Crippen MR) is 104 cm³/mol. The number of piperidine rings is 1. The van der Waals surface area contributed by atoms with E-state index < -0.39 is 0 Å². The van der Waals surface area contributed by atoms with Crippen molar-refractivity contribution >= 4 is 34.1 Å². The van der Waals surface area contributed by atoms with Crippen molar-refractivity contribution in [1.29, 1.82) is 0 Å². The Morgan fingerprint density at radius 2 is 1.96 bits per heavy atom. The zero-order chi connectivity index (χ0) is 19.4. The van der Waals surface area contributed by atoms with Crippen molar-refractivity contribution in [3.05, 3.63) is 17.8 Å². The molecular formula is C17H25N7O2S. The molecule has 146 valence electrons.